The Morgan fingerprint density at radius 3 is 2.42 bits per heavy atom. The second-order valence-electron chi connectivity index (χ2n) is 2.28. The summed E-state index contributed by atoms with van der Waals surface area (Å²) in [4.78, 5) is 11.1. The van der Waals surface area contributed by atoms with Crippen molar-refractivity contribution in [3.8, 4) is 0 Å². The number of anilines is 1. The number of Topliss-reactive ketones (excluding diaryl/α,β-unsaturated/α-hetero) is 1. The molecule has 0 aliphatic heterocycles. The van der Waals surface area contributed by atoms with Gasteiger partial charge in [0.15, 0.2) is 5.78 Å². The van der Waals surface area contributed by atoms with Crippen molar-refractivity contribution in [1.29, 1.82) is 0 Å². The van der Waals surface area contributed by atoms with E-state index in [9.17, 15) is 4.79 Å². The fourth-order valence-electron chi connectivity index (χ4n) is 0.829. The zero-order chi connectivity index (χ0) is 8.97. The predicted octanol–water partition coefficient (Wildman–Crippen LogP) is 1.55. The molecule has 0 aliphatic rings. The Bertz CT molecular complexity index is 271. The zero-order valence-electron chi connectivity index (χ0n) is 6.38. The molecule has 3 N–H and O–H groups in total. The number of carbonyl (C=O) groups excluding carboxylic acids is 1. The lowest BCUT2D eigenvalue weighted by molar-refractivity contribution is 0.102. The summed E-state index contributed by atoms with van der Waals surface area (Å²) < 4.78 is 0. The number of rotatable bonds is 3. The van der Waals surface area contributed by atoms with Gasteiger partial charge in [0.25, 0.3) is 0 Å². The highest BCUT2D eigenvalue weighted by molar-refractivity contribution is 9.09. The van der Waals surface area contributed by atoms with Gasteiger partial charge in [-0.3, -0.25) is 10.6 Å². The van der Waals surface area contributed by atoms with Gasteiger partial charge in [-0.25, -0.2) is 0 Å². The molecule has 0 heterocycles. The van der Waals surface area contributed by atoms with Crippen LogP contribution in [-0.4, -0.2) is 11.1 Å². The van der Waals surface area contributed by atoms with Gasteiger partial charge < -0.3 is 5.43 Å². The maximum absolute atomic E-state index is 11.1. The van der Waals surface area contributed by atoms with Crippen molar-refractivity contribution in [2.45, 2.75) is 0 Å². The predicted molar refractivity (Wildman–Crippen MR) is 52.4 cm³/mol. The Hall–Kier alpha value is -0.870. The average molecular weight is 229 g/mol. The number of nitrogens with one attached hydrogen (secondary N) is 1. The molecule has 0 atom stereocenters. The van der Waals surface area contributed by atoms with Gasteiger partial charge in [-0.15, -0.1) is 0 Å². The summed E-state index contributed by atoms with van der Waals surface area (Å²) in [5, 5.41) is 0.350. The van der Waals surface area contributed by atoms with Crippen molar-refractivity contribution in [2.75, 3.05) is 10.8 Å². The Labute approximate surface area is 79.1 Å². The van der Waals surface area contributed by atoms with Gasteiger partial charge in [0.1, 0.15) is 0 Å². The van der Waals surface area contributed by atoms with Crippen molar-refractivity contribution in [2.24, 2.45) is 5.84 Å². The van der Waals surface area contributed by atoms with Crippen LogP contribution in [0.5, 0.6) is 0 Å². The van der Waals surface area contributed by atoms with E-state index < -0.39 is 0 Å². The van der Waals surface area contributed by atoms with Crippen LogP contribution in [0.2, 0.25) is 0 Å². The molecule has 64 valence electrons. The van der Waals surface area contributed by atoms with Crippen LogP contribution in [0, 0.1) is 0 Å². The van der Waals surface area contributed by atoms with Crippen molar-refractivity contribution in [3.05, 3.63) is 29.8 Å². The fraction of sp³-hybridized carbons (Fsp3) is 0.125. The number of hydrogen-bond donors (Lipinski definition) is 2. The molecular weight excluding hydrogens is 220 g/mol. The number of carbonyl (C=O) groups is 1. The normalized spacial score (nSPS) is 9.50. The molecule has 0 saturated carbocycles. The van der Waals surface area contributed by atoms with Crippen molar-refractivity contribution < 1.29 is 4.79 Å². The highest BCUT2D eigenvalue weighted by atomic mass is 79.9. The molecule has 0 saturated heterocycles. The SMILES string of the molecule is NNc1ccc(C(=O)CBr)cc1. The largest absolute Gasteiger partial charge is 0.324 e. The fourth-order valence-corrected chi connectivity index (χ4v) is 1.15. The second kappa shape index (κ2) is 4.23. The van der Waals surface area contributed by atoms with E-state index in [0.717, 1.165) is 5.69 Å². The molecule has 0 unspecified atom stereocenters. The molecule has 1 aromatic carbocycles. The molecule has 0 fully saturated rings. The highest BCUT2D eigenvalue weighted by Gasteiger charge is 2.01. The number of nitrogens with two attached hydrogens (primary N) is 1. The minimum absolute atomic E-state index is 0.0681. The Morgan fingerprint density at radius 1 is 1.42 bits per heavy atom. The molecule has 12 heavy (non-hydrogen) atoms. The first-order valence-electron chi connectivity index (χ1n) is 3.43. The van der Waals surface area contributed by atoms with E-state index in [1.807, 2.05) is 0 Å². The summed E-state index contributed by atoms with van der Waals surface area (Å²) in [6.45, 7) is 0. The minimum Gasteiger partial charge on any atom is -0.324 e. The number of hydrogen-bond acceptors (Lipinski definition) is 3. The van der Waals surface area contributed by atoms with Gasteiger partial charge in [0.2, 0.25) is 0 Å². The van der Waals surface area contributed by atoms with Crippen LogP contribution in [0.1, 0.15) is 10.4 Å². The highest BCUT2D eigenvalue weighted by Crippen LogP contribution is 2.09. The third-order valence-corrected chi connectivity index (χ3v) is 2.00. The van der Waals surface area contributed by atoms with Gasteiger partial charge in [-0.05, 0) is 24.3 Å². The molecule has 4 heteroatoms. The molecule has 1 aromatic rings. The van der Waals surface area contributed by atoms with E-state index in [0.29, 0.717) is 10.9 Å². The molecule has 0 radical (unpaired) electrons. The lowest BCUT2D eigenvalue weighted by Gasteiger charge is -2.00. The summed E-state index contributed by atoms with van der Waals surface area (Å²) in [7, 11) is 0. The summed E-state index contributed by atoms with van der Waals surface area (Å²) in [5.41, 5.74) is 3.97. The molecule has 0 bridgehead atoms. The quantitative estimate of drug-likeness (QED) is 0.358. The molecule has 0 amide bonds. The lowest BCUT2D eigenvalue weighted by atomic mass is 10.1. The Kier molecular flexibility index (Phi) is 3.25. The molecular formula is C8H9BrN2O. The van der Waals surface area contributed by atoms with E-state index in [1.165, 1.54) is 0 Å². The van der Waals surface area contributed by atoms with Crippen LogP contribution in [0.15, 0.2) is 24.3 Å². The number of ketones is 1. The number of alkyl halides is 1. The van der Waals surface area contributed by atoms with E-state index >= 15 is 0 Å². The third kappa shape index (κ3) is 2.06. The number of benzene rings is 1. The van der Waals surface area contributed by atoms with Crippen LogP contribution < -0.4 is 11.3 Å². The number of nitrogen functional groups attached to an aromatic ring is 1. The average Bonchev–Trinajstić information content (AvgIpc) is 2.17. The molecule has 0 aliphatic carbocycles. The van der Waals surface area contributed by atoms with Crippen LogP contribution in [0.25, 0.3) is 0 Å². The third-order valence-electron chi connectivity index (χ3n) is 1.49. The van der Waals surface area contributed by atoms with Crippen molar-refractivity contribution in [3.63, 3.8) is 0 Å². The maximum Gasteiger partial charge on any atom is 0.173 e. The summed E-state index contributed by atoms with van der Waals surface area (Å²) in [5.74, 6) is 5.23. The Balaban J connectivity index is 2.84. The topological polar surface area (TPSA) is 55.1 Å². The summed E-state index contributed by atoms with van der Waals surface area (Å²) in [6.07, 6.45) is 0. The Morgan fingerprint density at radius 2 is 2.00 bits per heavy atom. The van der Waals surface area contributed by atoms with Gasteiger partial charge in [-0.1, -0.05) is 15.9 Å². The van der Waals surface area contributed by atoms with Crippen molar-refractivity contribution >= 4 is 27.4 Å². The van der Waals surface area contributed by atoms with E-state index in [-0.39, 0.29) is 5.78 Å². The first-order valence-corrected chi connectivity index (χ1v) is 4.56. The first-order chi connectivity index (χ1) is 5.77. The van der Waals surface area contributed by atoms with Gasteiger partial charge in [0.05, 0.1) is 5.33 Å². The van der Waals surface area contributed by atoms with E-state index in [1.54, 1.807) is 24.3 Å². The van der Waals surface area contributed by atoms with Crippen LogP contribution in [0.4, 0.5) is 5.69 Å². The zero-order valence-corrected chi connectivity index (χ0v) is 7.97. The monoisotopic (exact) mass is 228 g/mol. The summed E-state index contributed by atoms with van der Waals surface area (Å²) in [6, 6.07) is 6.99. The number of hydrazine groups is 1. The van der Waals surface area contributed by atoms with Crippen LogP contribution >= 0.6 is 15.9 Å². The van der Waals surface area contributed by atoms with Gasteiger partial charge in [0, 0.05) is 11.3 Å². The van der Waals surface area contributed by atoms with E-state index in [4.69, 9.17) is 5.84 Å². The molecule has 3 nitrogen and oxygen atoms in total. The standard InChI is InChI=1S/C8H9BrN2O/c9-5-8(12)6-1-3-7(11-10)4-2-6/h1-4,11H,5,10H2. The maximum atomic E-state index is 11.1. The summed E-state index contributed by atoms with van der Waals surface area (Å²) >= 11 is 3.10. The molecule has 0 aromatic heterocycles. The smallest absolute Gasteiger partial charge is 0.173 e. The van der Waals surface area contributed by atoms with Gasteiger partial charge >= 0.3 is 0 Å². The van der Waals surface area contributed by atoms with Gasteiger partial charge in [-0.2, -0.15) is 0 Å². The first kappa shape index (κ1) is 9.22. The minimum atomic E-state index is 0.0681. The molecule has 0 spiro atoms. The second-order valence-corrected chi connectivity index (χ2v) is 2.84. The van der Waals surface area contributed by atoms with Crippen LogP contribution in [0.3, 0.4) is 0 Å². The van der Waals surface area contributed by atoms with Crippen molar-refractivity contribution in [1.82, 2.24) is 0 Å². The molecule has 1 rings (SSSR count). The number of halogens is 1. The van der Waals surface area contributed by atoms with Crippen LogP contribution in [-0.2, 0) is 0 Å². The lowest BCUT2D eigenvalue weighted by Crippen LogP contribution is -2.07. The van der Waals surface area contributed by atoms with E-state index in [2.05, 4.69) is 21.4 Å².